The minimum Gasteiger partial charge on any atom is -0.490 e. The Kier molecular flexibility index (Phi) is 11.4. The number of carbonyl (C=O) groups excluding carboxylic acids is 2. The second-order valence-electron chi connectivity index (χ2n) is 8.36. The first-order valence-corrected chi connectivity index (χ1v) is 13.0. The molecule has 0 radical (unpaired) electrons. The summed E-state index contributed by atoms with van der Waals surface area (Å²) in [5.74, 6) is 0.729. The molecule has 40 heavy (non-hydrogen) atoms. The zero-order valence-electron chi connectivity index (χ0n) is 22.7. The van der Waals surface area contributed by atoms with E-state index >= 15 is 0 Å². The van der Waals surface area contributed by atoms with Crippen LogP contribution in [0.25, 0.3) is 0 Å². The average molecular weight is 566 g/mol. The number of carbonyl (C=O) groups is 2. The van der Waals surface area contributed by atoms with Crippen LogP contribution in [0.5, 0.6) is 23.0 Å². The molecule has 0 unspecified atom stereocenters. The summed E-state index contributed by atoms with van der Waals surface area (Å²) in [6.07, 6.45) is 3.04. The summed E-state index contributed by atoms with van der Waals surface area (Å²) in [4.78, 5) is 25.0. The highest BCUT2D eigenvalue weighted by Gasteiger charge is 2.15. The van der Waals surface area contributed by atoms with Crippen LogP contribution < -0.4 is 29.7 Å². The van der Waals surface area contributed by atoms with E-state index < -0.39 is 5.91 Å². The number of benzene rings is 3. The third-order valence-electron chi connectivity index (χ3n) is 5.26. The van der Waals surface area contributed by atoms with Gasteiger partial charge in [0, 0.05) is 11.3 Å². The number of halogens is 1. The van der Waals surface area contributed by atoms with Gasteiger partial charge in [0.1, 0.15) is 6.61 Å². The lowest BCUT2D eigenvalue weighted by Gasteiger charge is -2.14. The molecule has 0 saturated heterocycles. The molecule has 0 heterocycles. The lowest BCUT2D eigenvalue weighted by molar-refractivity contribution is -0.118. The van der Waals surface area contributed by atoms with Crippen molar-refractivity contribution in [3.05, 3.63) is 89.0 Å². The number of hydrogen-bond donors (Lipinski definition) is 2. The molecular weight excluding hydrogens is 534 g/mol. The highest BCUT2D eigenvalue weighted by atomic mass is 35.5. The highest BCUT2D eigenvalue weighted by Crippen LogP contribution is 2.36. The molecule has 3 aromatic rings. The number of hydrogen-bond acceptors (Lipinski definition) is 7. The minimum atomic E-state index is -0.442. The monoisotopic (exact) mass is 565 g/mol. The van der Waals surface area contributed by atoms with Crippen LogP contribution in [0, 0.1) is 6.92 Å². The van der Waals surface area contributed by atoms with Crippen LogP contribution in [0.2, 0.25) is 5.02 Å². The van der Waals surface area contributed by atoms with Gasteiger partial charge in [-0.05, 0) is 68.8 Å². The number of hydrazone groups is 1. The van der Waals surface area contributed by atoms with Gasteiger partial charge in [-0.25, -0.2) is 5.43 Å². The van der Waals surface area contributed by atoms with E-state index in [0.717, 1.165) is 5.56 Å². The van der Waals surface area contributed by atoms with E-state index in [1.54, 1.807) is 36.4 Å². The Hall–Kier alpha value is -4.50. The number of nitrogens with one attached hydrogen (secondary N) is 2. The van der Waals surface area contributed by atoms with Crippen LogP contribution in [-0.4, -0.2) is 44.5 Å². The zero-order chi connectivity index (χ0) is 28.9. The number of amides is 2. The van der Waals surface area contributed by atoms with Gasteiger partial charge in [-0.2, -0.15) is 5.10 Å². The maximum Gasteiger partial charge on any atom is 0.271 e. The smallest absolute Gasteiger partial charge is 0.271 e. The summed E-state index contributed by atoms with van der Waals surface area (Å²) in [7, 11) is 0. The van der Waals surface area contributed by atoms with Crippen molar-refractivity contribution >= 4 is 35.3 Å². The number of nitrogens with zero attached hydrogens (tertiary/aromatic N) is 1. The molecule has 9 nitrogen and oxygen atoms in total. The van der Waals surface area contributed by atoms with E-state index in [2.05, 4.69) is 22.4 Å². The maximum absolute atomic E-state index is 12.7. The second kappa shape index (κ2) is 15.2. The molecule has 0 aliphatic rings. The molecule has 0 fully saturated rings. The van der Waals surface area contributed by atoms with Gasteiger partial charge < -0.3 is 24.3 Å². The molecule has 2 N–H and O–H groups in total. The number of ether oxygens (including phenoxy) is 4. The molecule has 0 saturated carbocycles. The molecule has 210 valence electrons. The Morgan fingerprint density at radius 2 is 1.65 bits per heavy atom. The van der Waals surface area contributed by atoms with Gasteiger partial charge in [0.05, 0.1) is 24.5 Å². The highest BCUT2D eigenvalue weighted by molar-refractivity contribution is 6.32. The first-order valence-electron chi connectivity index (χ1n) is 12.6. The Morgan fingerprint density at radius 1 is 0.925 bits per heavy atom. The van der Waals surface area contributed by atoms with Crippen molar-refractivity contribution in [2.45, 2.75) is 20.8 Å². The topological polar surface area (TPSA) is 107 Å². The van der Waals surface area contributed by atoms with Gasteiger partial charge >= 0.3 is 0 Å². The van der Waals surface area contributed by atoms with Crippen molar-refractivity contribution in [1.82, 2.24) is 5.43 Å². The summed E-state index contributed by atoms with van der Waals surface area (Å²) in [5.41, 5.74) is 5.12. The lowest BCUT2D eigenvalue weighted by atomic mass is 10.2. The van der Waals surface area contributed by atoms with Crippen LogP contribution in [-0.2, 0) is 4.79 Å². The Bertz CT molecular complexity index is 1360. The van der Waals surface area contributed by atoms with Crippen molar-refractivity contribution in [2.24, 2.45) is 5.10 Å². The van der Waals surface area contributed by atoms with Gasteiger partial charge in [-0.3, -0.25) is 9.59 Å². The van der Waals surface area contributed by atoms with E-state index in [4.69, 9.17) is 30.5 Å². The van der Waals surface area contributed by atoms with Crippen LogP contribution in [0.4, 0.5) is 5.69 Å². The van der Waals surface area contributed by atoms with Gasteiger partial charge in [0.15, 0.2) is 29.6 Å². The van der Waals surface area contributed by atoms with Crippen molar-refractivity contribution in [3.63, 3.8) is 0 Å². The molecule has 0 spiro atoms. The quantitative estimate of drug-likeness (QED) is 0.145. The van der Waals surface area contributed by atoms with E-state index in [0.29, 0.717) is 53.9 Å². The average Bonchev–Trinajstić information content (AvgIpc) is 2.93. The first-order chi connectivity index (χ1) is 19.3. The van der Waals surface area contributed by atoms with Gasteiger partial charge in [0.2, 0.25) is 0 Å². The maximum atomic E-state index is 12.7. The summed E-state index contributed by atoms with van der Waals surface area (Å²) >= 11 is 6.45. The number of anilines is 1. The van der Waals surface area contributed by atoms with Gasteiger partial charge in [0.25, 0.3) is 11.8 Å². The van der Waals surface area contributed by atoms with Crippen LogP contribution in [0.15, 0.2) is 72.4 Å². The summed E-state index contributed by atoms with van der Waals surface area (Å²) < 4.78 is 22.5. The molecule has 0 atom stereocenters. The molecule has 3 rings (SSSR count). The zero-order valence-corrected chi connectivity index (χ0v) is 23.4. The fourth-order valence-corrected chi connectivity index (χ4v) is 3.73. The Morgan fingerprint density at radius 3 is 2.35 bits per heavy atom. The fourth-order valence-electron chi connectivity index (χ4n) is 3.45. The fraction of sp³-hybridized carbons (Fsp3) is 0.233. The van der Waals surface area contributed by atoms with Crippen molar-refractivity contribution < 1.29 is 28.5 Å². The van der Waals surface area contributed by atoms with Crippen molar-refractivity contribution in [1.29, 1.82) is 0 Å². The molecule has 0 bridgehead atoms. The summed E-state index contributed by atoms with van der Waals surface area (Å²) in [6.45, 7) is 10.0. The molecule has 0 aliphatic carbocycles. The van der Waals surface area contributed by atoms with Gasteiger partial charge in [-0.1, -0.05) is 42.0 Å². The van der Waals surface area contributed by atoms with Crippen molar-refractivity contribution in [2.75, 3.05) is 31.7 Å². The molecule has 3 aromatic carbocycles. The normalized spacial score (nSPS) is 10.6. The summed E-state index contributed by atoms with van der Waals surface area (Å²) in [6, 6.07) is 15.5. The van der Waals surface area contributed by atoms with Crippen LogP contribution in [0.3, 0.4) is 0 Å². The SMILES string of the molecule is C=CCOc1ccc(C(=O)N/N=C/c2cc(Cl)c(OCC(=O)Nc3ccc(C)cc3)c(OCC)c2)cc1OCC. The van der Waals surface area contributed by atoms with E-state index in [9.17, 15) is 9.59 Å². The van der Waals surface area contributed by atoms with Crippen molar-refractivity contribution in [3.8, 4) is 23.0 Å². The van der Waals surface area contributed by atoms with Crippen LogP contribution in [0.1, 0.15) is 35.3 Å². The first kappa shape index (κ1) is 30.0. The lowest BCUT2D eigenvalue weighted by Crippen LogP contribution is -2.20. The largest absolute Gasteiger partial charge is 0.490 e. The third-order valence-corrected chi connectivity index (χ3v) is 5.54. The molecule has 0 aromatic heterocycles. The summed E-state index contributed by atoms with van der Waals surface area (Å²) in [5, 5.41) is 7.02. The number of rotatable bonds is 14. The Labute approximate surface area is 238 Å². The molecular formula is C30H32ClN3O6. The standard InChI is InChI=1S/C30H32ClN3O6/c1-5-14-39-25-13-10-22(17-26(25)37-6-2)30(36)34-32-18-21-15-24(31)29(27(16-21)38-7-3)40-19-28(35)33-23-11-8-20(4)9-12-23/h5,8-13,15-18H,1,6-7,14,19H2,2-4H3,(H,33,35)(H,34,36)/b32-18+. The predicted molar refractivity (Wildman–Crippen MR) is 156 cm³/mol. The van der Waals surface area contributed by atoms with E-state index in [-0.39, 0.29) is 23.3 Å². The predicted octanol–water partition coefficient (Wildman–Crippen LogP) is 5.79. The van der Waals surface area contributed by atoms with Gasteiger partial charge in [-0.15, -0.1) is 0 Å². The minimum absolute atomic E-state index is 0.221. The Balaban J connectivity index is 1.66. The third kappa shape index (κ3) is 8.78. The molecule has 10 heteroatoms. The number of aryl methyl sites for hydroxylation is 1. The molecule has 2 amide bonds. The second-order valence-corrected chi connectivity index (χ2v) is 8.77. The molecule has 0 aliphatic heterocycles. The van der Waals surface area contributed by atoms with E-state index in [1.807, 2.05) is 45.0 Å². The van der Waals surface area contributed by atoms with E-state index in [1.165, 1.54) is 6.21 Å². The van der Waals surface area contributed by atoms with Crippen LogP contribution >= 0.6 is 11.6 Å².